The van der Waals surface area contributed by atoms with Gasteiger partial charge in [-0.2, -0.15) is 0 Å². The average Bonchev–Trinajstić information content (AvgIpc) is 2.06. The lowest BCUT2D eigenvalue weighted by Crippen LogP contribution is -2.30. The van der Waals surface area contributed by atoms with Gasteiger partial charge in [0.25, 0.3) is 6.43 Å². The Morgan fingerprint density at radius 1 is 1.17 bits per heavy atom. The number of nitrogens with two attached hydrogens (primary N) is 1. The third kappa shape index (κ3) is 2.58. The van der Waals surface area contributed by atoms with Crippen molar-refractivity contribution < 1.29 is 8.78 Å². The second-order valence-electron chi connectivity index (χ2n) is 2.69. The van der Waals surface area contributed by atoms with Crippen LogP contribution in [0.15, 0.2) is 30.3 Å². The molecular weight excluding hydrogens is 160 g/mol. The van der Waals surface area contributed by atoms with Crippen LogP contribution < -0.4 is 5.73 Å². The molecule has 0 spiro atoms. The van der Waals surface area contributed by atoms with Gasteiger partial charge < -0.3 is 5.73 Å². The minimum atomic E-state index is -2.44. The van der Waals surface area contributed by atoms with Gasteiger partial charge in [-0.3, -0.25) is 0 Å². The van der Waals surface area contributed by atoms with E-state index in [4.69, 9.17) is 5.73 Å². The Morgan fingerprint density at radius 2 is 1.75 bits per heavy atom. The molecule has 0 aromatic heterocycles. The summed E-state index contributed by atoms with van der Waals surface area (Å²) >= 11 is 0. The van der Waals surface area contributed by atoms with Gasteiger partial charge in [0, 0.05) is 0 Å². The first-order chi connectivity index (χ1) is 5.70. The Labute approximate surface area is 70.2 Å². The standard InChI is InChI=1S/C9H11F2N/c10-9(11)8(12)6-7-4-2-1-3-5-7/h1-5,8-9H,6,12H2/t8-/m1/s1. The quantitative estimate of drug-likeness (QED) is 0.737. The molecule has 0 saturated heterocycles. The number of benzene rings is 1. The predicted molar refractivity (Wildman–Crippen MR) is 44.1 cm³/mol. The lowest BCUT2D eigenvalue weighted by atomic mass is 10.1. The number of hydrogen-bond acceptors (Lipinski definition) is 1. The Morgan fingerprint density at radius 3 is 2.25 bits per heavy atom. The molecule has 66 valence electrons. The van der Waals surface area contributed by atoms with Crippen molar-refractivity contribution in [1.82, 2.24) is 0 Å². The molecule has 1 aromatic carbocycles. The van der Waals surface area contributed by atoms with E-state index in [0.717, 1.165) is 5.56 Å². The van der Waals surface area contributed by atoms with Crippen molar-refractivity contribution in [3.8, 4) is 0 Å². The van der Waals surface area contributed by atoms with Crippen LogP contribution >= 0.6 is 0 Å². The van der Waals surface area contributed by atoms with E-state index < -0.39 is 12.5 Å². The van der Waals surface area contributed by atoms with Gasteiger partial charge >= 0.3 is 0 Å². The highest BCUT2D eigenvalue weighted by molar-refractivity contribution is 5.15. The Kier molecular flexibility index (Phi) is 3.17. The van der Waals surface area contributed by atoms with Crippen LogP contribution in [0.3, 0.4) is 0 Å². The SMILES string of the molecule is N[C@H](Cc1ccccc1)C(F)F. The molecule has 0 saturated carbocycles. The molecule has 3 heteroatoms. The molecule has 0 bridgehead atoms. The Hall–Kier alpha value is -0.960. The largest absolute Gasteiger partial charge is 0.323 e. The van der Waals surface area contributed by atoms with E-state index in [1.165, 1.54) is 0 Å². The van der Waals surface area contributed by atoms with E-state index in [2.05, 4.69) is 0 Å². The van der Waals surface area contributed by atoms with E-state index in [0.29, 0.717) is 0 Å². The van der Waals surface area contributed by atoms with E-state index in [1.807, 2.05) is 18.2 Å². The van der Waals surface area contributed by atoms with Gasteiger partial charge in [0.15, 0.2) is 0 Å². The zero-order valence-corrected chi connectivity index (χ0v) is 6.58. The van der Waals surface area contributed by atoms with Gasteiger partial charge in [-0.05, 0) is 12.0 Å². The molecule has 0 aliphatic heterocycles. The number of alkyl halides is 2. The third-order valence-corrected chi connectivity index (χ3v) is 1.64. The first kappa shape index (κ1) is 9.13. The highest BCUT2D eigenvalue weighted by Crippen LogP contribution is 2.06. The van der Waals surface area contributed by atoms with Crippen LogP contribution in [0.1, 0.15) is 5.56 Å². The summed E-state index contributed by atoms with van der Waals surface area (Å²) in [6.07, 6.45) is -2.20. The minimum absolute atomic E-state index is 0.235. The second kappa shape index (κ2) is 4.16. The number of halogens is 2. The summed E-state index contributed by atoms with van der Waals surface area (Å²) in [5, 5.41) is 0. The zero-order chi connectivity index (χ0) is 8.97. The van der Waals surface area contributed by atoms with Crippen molar-refractivity contribution >= 4 is 0 Å². The van der Waals surface area contributed by atoms with Crippen molar-refractivity contribution in [2.45, 2.75) is 18.9 Å². The van der Waals surface area contributed by atoms with Crippen LogP contribution in [0.4, 0.5) is 8.78 Å². The van der Waals surface area contributed by atoms with Crippen molar-refractivity contribution in [3.05, 3.63) is 35.9 Å². The van der Waals surface area contributed by atoms with Gasteiger partial charge in [-0.1, -0.05) is 30.3 Å². The summed E-state index contributed by atoms with van der Waals surface area (Å²) in [5.74, 6) is 0. The topological polar surface area (TPSA) is 26.0 Å². The third-order valence-electron chi connectivity index (χ3n) is 1.64. The zero-order valence-electron chi connectivity index (χ0n) is 6.58. The van der Waals surface area contributed by atoms with Gasteiger partial charge in [-0.15, -0.1) is 0 Å². The Balaban J connectivity index is 2.53. The van der Waals surface area contributed by atoms with E-state index >= 15 is 0 Å². The minimum Gasteiger partial charge on any atom is -0.323 e. The maximum atomic E-state index is 12.0. The Bertz CT molecular complexity index is 223. The highest BCUT2D eigenvalue weighted by Gasteiger charge is 2.14. The molecule has 12 heavy (non-hydrogen) atoms. The number of rotatable bonds is 3. The summed E-state index contributed by atoms with van der Waals surface area (Å²) < 4.78 is 24.0. The van der Waals surface area contributed by atoms with Crippen molar-refractivity contribution in [1.29, 1.82) is 0 Å². The van der Waals surface area contributed by atoms with Crippen LogP contribution in [0.5, 0.6) is 0 Å². The van der Waals surface area contributed by atoms with Crippen molar-refractivity contribution in [2.75, 3.05) is 0 Å². The molecule has 1 nitrogen and oxygen atoms in total. The van der Waals surface area contributed by atoms with Gasteiger partial charge in [0.05, 0.1) is 6.04 Å². The van der Waals surface area contributed by atoms with Gasteiger partial charge in [0.2, 0.25) is 0 Å². The van der Waals surface area contributed by atoms with E-state index in [-0.39, 0.29) is 6.42 Å². The van der Waals surface area contributed by atoms with E-state index in [9.17, 15) is 8.78 Å². The maximum absolute atomic E-state index is 12.0. The second-order valence-corrected chi connectivity index (χ2v) is 2.69. The predicted octanol–water partition coefficient (Wildman–Crippen LogP) is 1.82. The molecule has 0 radical (unpaired) electrons. The van der Waals surface area contributed by atoms with Crippen LogP contribution in [0.25, 0.3) is 0 Å². The van der Waals surface area contributed by atoms with Gasteiger partial charge in [0.1, 0.15) is 0 Å². The summed E-state index contributed by atoms with van der Waals surface area (Å²) in [5.41, 5.74) is 6.05. The van der Waals surface area contributed by atoms with Crippen LogP contribution in [-0.4, -0.2) is 12.5 Å². The van der Waals surface area contributed by atoms with Crippen LogP contribution in [0, 0.1) is 0 Å². The van der Waals surface area contributed by atoms with Crippen LogP contribution in [-0.2, 0) is 6.42 Å². The normalized spacial score (nSPS) is 13.3. The lowest BCUT2D eigenvalue weighted by molar-refractivity contribution is 0.116. The highest BCUT2D eigenvalue weighted by atomic mass is 19.3. The molecule has 0 fully saturated rings. The molecular formula is C9H11F2N. The molecule has 0 amide bonds. The lowest BCUT2D eigenvalue weighted by Gasteiger charge is -2.09. The monoisotopic (exact) mass is 171 g/mol. The molecule has 0 unspecified atom stereocenters. The molecule has 1 aromatic rings. The fourth-order valence-corrected chi connectivity index (χ4v) is 0.975. The van der Waals surface area contributed by atoms with Gasteiger partial charge in [-0.25, -0.2) is 8.78 Å². The number of hydrogen-bond donors (Lipinski definition) is 1. The molecule has 0 aliphatic carbocycles. The summed E-state index contributed by atoms with van der Waals surface area (Å²) in [6.45, 7) is 0. The molecule has 2 N–H and O–H groups in total. The average molecular weight is 171 g/mol. The fourth-order valence-electron chi connectivity index (χ4n) is 0.975. The molecule has 1 rings (SSSR count). The van der Waals surface area contributed by atoms with Crippen molar-refractivity contribution in [2.24, 2.45) is 5.73 Å². The van der Waals surface area contributed by atoms with Crippen molar-refractivity contribution in [3.63, 3.8) is 0 Å². The molecule has 1 atom stereocenters. The first-order valence-corrected chi connectivity index (χ1v) is 3.78. The smallest absolute Gasteiger partial charge is 0.253 e. The van der Waals surface area contributed by atoms with E-state index in [1.54, 1.807) is 12.1 Å². The first-order valence-electron chi connectivity index (χ1n) is 3.78. The fraction of sp³-hybridized carbons (Fsp3) is 0.333. The van der Waals surface area contributed by atoms with Crippen LogP contribution in [0.2, 0.25) is 0 Å². The maximum Gasteiger partial charge on any atom is 0.253 e. The summed E-state index contributed by atoms with van der Waals surface area (Å²) in [6, 6.07) is 8.01. The summed E-state index contributed by atoms with van der Waals surface area (Å²) in [4.78, 5) is 0. The molecule has 0 aliphatic rings. The molecule has 0 heterocycles. The summed E-state index contributed by atoms with van der Waals surface area (Å²) in [7, 11) is 0.